The molecule has 90 valence electrons. The predicted molar refractivity (Wildman–Crippen MR) is 71.2 cm³/mol. The van der Waals surface area contributed by atoms with E-state index in [2.05, 4.69) is 0 Å². The summed E-state index contributed by atoms with van der Waals surface area (Å²) in [6.45, 7) is 0. The van der Waals surface area contributed by atoms with E-state index >= 15 is 0 Å². The van der Waals surface area contributed by atoms with Crippen molar-refractivity contribution in [3.05, 3.63) is 76.6 Å². The number of ketones is 1. The Morgan fingerprint density at radius 1 is 1.06 bits per heavy atom. The van der Waals surface area contributed by atoms with Crippen LogP contribution in [0.2, 0.25) is 5.02 Å². The average Bonchev–Trinajstić information content (AvgIpc) is 2.38. The van der Waals surface area contributed by atoms with E-state index in [1.165, 1.54) is 30.3 Å². The van der Waals surface area contributed by atoms with Crippen LogP contribution in [0.4, 0.5) is 4.39 Å². The first-order valence-electron chi connectivity index (χ1n) is 5.39. The van der Waals surface area contributed by atoms with Crippen LogP contribution < -0.4 is 0 Å². The van der Waals surface area contributed by atoms with Gasteiger partial charge in [-0.1, -0.05) is 29.8 Å². The third kappa shape index (κ3) is 3.05. The molecule has 0 aliphatic carbocycles. The Balaban J connectivity index is 2.17. The van der Waals surface area contributed by atoms with Gasteiger partial charge in [0.25, 0.3) is 0 Å². The number of hydrogen-bond donors (Lipinski definition) is 0. The molecule has 0 spiro atoms. The second-order valence-corrected chi connectivity index (χ2v) is 4.13. The molecule has 0 saturated carbocycles. The first-order chi connectivity index (χ1) is 8.66. The molecule has 1 nitrogen and oxygen atoms in total. The molecule has 0 aromatic heterocycles. The molecule has 0 unspecified atom stereocenters. The molecule has 0 radical (unpaired) electrons. The lowest BCUT2D eigenvalue weighted by Crippen LogP contribution is -1.93. The molecule has 2 aromatic carbocycles. The number of rotatable bonds is 3. The third-order valence-corrected chi connectivity index (χ3v) is 2.79. The molecule has 0 bridgehead atoms. The highest BCUT2D eigenvalue weighted by Crippen LogP contribution is 2.16. The molecule has 0 heterocycles. The molecule has 0 fully saturated rings. The molecular weight excluding hydrogens is 251 g/mol. The van der Waals surface area contributed by atoms with Crippen molar-refractivity contribution in [1.82, 2.24) is 0 Å². The van der Waals surface area contributed by atoms with E-state index in [0.717, 1.165) is 5.56 Å². The molecular formula is C15H10ClFO. The van der Waals surface area contributed by atoms with Gasteiger partial charge in [-0.15, -0.1) is 0 Å². The summed E-state index contributed by atoms with van der Waals surface area (Å²) in [5.41, 5.74) is 1.22. The number of hydrogen-bond acceptors (Lipinski definition) is 1. The van der Waals surface area contributed by atoms with Crippen molar-refractivity contribution in [2.75, 3.05) is 0 Å². The maximum absolute atomic E-state index is 12.7. The summed E-state index contributed by atoms with van der Waals surface area (Å²) in [4.78, 5) is 11.8. The first kappa shape index (κ1) is 12.5. The highest BCUT2D eigenvalue weighted by molar-refractivity contribution is 6.32. The van der Waals surface area contributed by atoms with Gasteiger partial charge in [0.1, 0.15) is 5.82 Å². The van der Waals surface area contributed by atoms with Gasteiger partial charge < -0.3 is 0 Å². The van der Waals surface area contributed by atoms with Crippen LogP contribution in [0.1, 0.15) is 15.9 Å². The fraction of sp³-hybridized carbons (Fsp3) is 0. The van der Waals surface area contributed by atoms with Gasteiger partial charge in [-0.25, -0.2) is 4.39 Å². The highest BCUT2D eigenvalue weighted by Gasteiger charge is 2.02. The Bertz CT molecular complexity index is 588. The van der Waals surface area contributed by atoms with Gasteiger partial charge in [-0.3, -0.25) is 4.79 Å². The summed E-state index contributed by atoms with van der Waals surface area (Å²) in [5, 5.41) is 0.584. The van der Waals surface area contributed by atoms with Gasteiger partial charge >= 0.3 is 0 Å². The molecule has 0 saturated heterocycles. The molecule has 0 aliphatic rings. The van der Waals surface area contributed by atoms with Gasteiger partial charge in [0.2, 0.25) is 0 Å². The summed E-state index contributed by atoms with van der Waals surface area (Å²) < 4.78 is 12.7. The van der Waals surface area contributed by atoms with Crippen LogP contribution in [0.15, 0.2) is 54.6 Å². The van der Waals surface area contributed by atoms with Gasteiger partial charge in [-0.2, -0.15) is 0 Å². The lowest BCUT2D eigenvalue weighted by Gasteiger charge is -1.97. The standard InChI is InChI=1S/C15H10ClFO/c16-14-4-2-1-3-11(14)7-10-15(18)12-5-8-13(17)9-6-12/h1-10H/b10-7-. The van der Waals surface area contributed by atoms with E-state index in [9.17, 15) is 9.18 Å². The van der Waals surface area contributed by atoms with Crippen LogP contribution >= 0.6 is 11.6 Å². The molecule has 3 heteroatoms. The predicted octanol–water partition coefficient (Wildman–Crippen LogP) is 4.38. The number of benzene rings is 2. The minimum absolute atomic E-state index is 0.185. The summed E-state index contributed by atoms with van der Waals surface area (Å²) in [6.07, 6.45) is 3.07. The van der Waals surface area contributed by atoms with Crippen molar-refractivity contribution in [2.45, 2.75) is 0 Å². The van der Waals surface area contributed by atoms with Gasteiger partial charge in [0.15, 0.2) is 5.78 Å². The van der Waals surface area contributed by atoms with Crippen molar-refractivity contribution in [3.63, 3.8) is 0 Å². The largest absolute Gasteiger partial charge is 0.289 e. The average molecular weight is 261 g/mol. The van der Waals surface area contributed by atoms with E-state index in [1.807, 2.05) is 18.2 Å². The molecule has 2 rings (SSSR count). The summed E-state index contributed by atoms with van der Waals surface area (Å²) in [6, 6.07) is 12.7. The van der Waals surface area contributed by atoms with Crippen LogP contribution in [0.5, 0.6) is 0 Å². The molecule has 0 N–H and O–H groups in total. The summed E-state index contributed by atoms with van der Waals surface area (Å²) >= 11 is 5.96. The topological polar surface area (TPSA) is 17.1 Å². The zero-order valence-electron chi connectivity index (χ0n) is 9.44. The Hall–Kier alpha value is -1.93. The smallest absolute Gasteiger partial charge is 0.185 e. The Labute approximate surface area is 110 Å². The van der Waals surface area contributed by atoms with Crippen molar-refractivity contribution < 1.29 is 9.18 Å². The number of halogens is 2. The Morgan fingerprint density at radius 3 is 2.39 bits per heavy atom. The van der Waals surface area contributed by atoms with Crippen LogP contribution in [0.25, 0.3) is 6.08 Å². The number of allylic oxidation sites excluding steroid dienone is 1. The third-order valence-electron chi connectivity index (χ3n) is 2.45. The van der Waals surface area contributed by atoms with E-state index in [0.29, 0.717) is 10.6 Å². The van der Waals surface area contributed by atoms with Gasteiger partial charge in [0, 0.05) is 10.6 Å². The number of carbonyl (C=O) groups is 1. The minimum atomic E-state index is -0.360. The second-order valence-electron chi connectivity index (χ2n) is 3.73. The second kappa shape index (κ2) is 5.61. The van der Waals surface area contributed by atoms with Crippen molar-refractivity contribution >= 4 is 23.5 Å². The number of carbonyl (C=O) groups excluding carboxylic acids is 1. The molecule has 18 heavy (non-hydrogen) atoms. The fourth-order valence-electron chi connectivity index (χ4n) is 1.49. The molecule has 0 aliphatic heterocycles. The van der Waals surface area contributed by atoms with Crippen LogP contribution in [-0.4, -0.2) is 5.78 Å². The van der Waals surface area contributed by atoms with Gasteiger partial charge in [0.05, 0.1) is 0 Å². The normalized spacial score (nSPS) is 10.8. The quantitative estimate of drug-likeness (QED) is 0.591. The summed E-state index contributed by atoms with van der Waals surface area (Å²) in [5.74, 6) is -0.545. The highest BCUT2D eigenvalue weighted by atomic mass is 35.5. The maximum Gasteiger partial charge on any atom is 0.185 e. The molecule has 2 aromatic rings. The monoisotopic (exact) mass is 260 g/mol. The van der Waals surface area contributed by atoms with E-state index < -0.39 is 0 Å². The minimum Gasteiger partial charge on any atom is -0.289 e. The van der Waals surface area contributed by atoms with Crippen LogP contribution in [0.3, 0.4) is 0 Å². The first-order valence-corrected chi connectivity index (χ1v) is 5.77. The molecule has 0 atom stereocenters. The van der Waals surface area contributed by atoms with E-state index in [-0.39, 0.29) is 11.6 Å². The van der Waals surface area contributed by atoms with Crippen LogP contribution in [-0.2, 0) is 0 Å². The van der Waals surface area contributed by atoms with Gasteiger partial charge in [-0.05, 0) is 48.0 Å². The summed E-state index contributed by atoms with van der Waals surface area (Å²) in [7, 11) is 0. The zero-order chi connectivity index (χ0) is 13.0. The zero-order valence-corrected chi connectivity index (χ0v) is 10.2. The molecule has 0 amide bonds. The van der Waals surface area contributed by atoms with Crippen LogP contribution in [0, 0.1) is 5.82 Å². The Kier molecular flexibility index (Phi) is 3.90. The van der Waals surface area contributed by atoms with E-state index in [4.69, 9.17) is 11.6 Å². The maximum atomic E-state index is 12.7. The van der Waals surface area contributed by atoms with Crippen molar-refractivity contribution in [3.8, 4) is 0 Å². The lowest BCUT2D eigenvalue weighted by molar-refractivity contribution is 0.104. The van der Waals surface area contributed by atoms with Crippen molar-refractivity contribution in [1.29, 1.82) is 0 Å². The van der Waals surface area contributed by atoms with Crippen molar-refractivity contribution in [2.24, 2.45) is 0 Å². The fourth-order valence-corrected chi connectivity index (χ4v) is 1.68. The Morgan fingerprint density at radius 2 is 1.72 bits per heavy atom. The SMILES string of the molecule is O=C(/C=C\c1ccccc1Cl)c1ccc(F)cc1. The van der Waals surface area contributed by atoms with E-state index in [1.54, 1.807) is 12.1 Å². The lowest BCUT2D eigenvalue weighted by atomic mass is 10.1.